The molecule has 20 heavy (non-hydrogen) atoms. The van der Waals surface area contributed by atoms with Crippen LogP contribution in [0.25, 0.3) is 0 Å². The maximum atomic E-state index is 13.3. The van der Waals surface area contributed by atoms with Gasteiger partial charge in [-0.1, -0.05) is 12.1 Å². The van der Waals surface area contributed by atoms with Crippen molar-refractivity contribution < 1.29 is 14.0 Å². The Hall–Kier alpha value is -2.77. The van der Waals surface area contributed by atoms with Crippen molar-refractivity contribution in [1.29, 1.82) is 0 Å². The van der Waals surface area contributed by atoms with Crippen LogP contribution in [-0.4, -0.2) is 33.5 Å². The summed E-state index contributed by atoms with van der Waals surface area (Å²) in [7, 11) is 0. The average molecular weight is 277 g/mol. The van der Waals surface area contributed by atoms with E-state index in [-0.39, 0.29) is 18.7 Å². The highest BCUT2D eigenvalue weighted by Gasteiger charge is 2.11. The fraction of sp³-hybridized carbons (Fsp3) is 0.167. The quantitative estimate of drug-likeness (QED) is 0.715. The van der Waals surface area contributed by atoms with Gasteiger partial charge in [0.05, 0.1) is 18.7 Å². The Kier molecular flexibility index (Phi) is 4.38. The number of hydrogen-bond acceptors (Lipinski definition) is 4. The molecule has 0 saturated heterocycles. The van der Waals surface area contributed by atoms with Crippen LogP contribution in [0.5, 0.6) is 0 Å². The molecule has 2 amide bonds. The molecule has 0 fully saturated rings. The van der Waals surface area contributed by atoms with E-state index in [0.717, 1.165) is 0 Å². The Balaban J connectivity index is 1.78. The number of H-pyrrole nitrogens is 1. The zero-order valence-electron chi connectivity index (χ0n) is 10.4. The highest BCUT2D eigenvalue weighted by atomic mass is 19.1. The van der Waals surface area contributed by atoms with Crippen LogP contribution in [0.1, 0.15) is 16.2 Å². The molecule has 0 aliphatic heterocycles. The van der Waals surface area contributed by atoms with E-state index in [9.17, 15) is 14.0 Å². The van der Waals surface area contributed by atoms with Gasteiger partial charge in [0.15, 0.2) is 0 Å². The van der Waals surface area contributed by atoms with Gasteiger partial charge in [-0.3, -0.25) is 14.7 Å². The molecule has 7 nitrogen and oxygen atoms in total. The fourth-order valence-corrected chi connectivity index (χ4v) is 1.46. The van der Waals surface area contributed by atoms with Crippen LogP contribution in [0.2, 0.25) is 0 Å². The van der Waals surface area contributed by atoms with Gasteiger partial charge in [-0.25, -0.2) is 9.37 Å². The molecule has 0 atom stereocenters. The van der Waals surface area contributed by atoms with E-state index < -0.39 is 17.6 Å². The predicted octanol–water partition coefficient (Wildman–Crippen LogP) is -0.0100. The first-order valence-corrected chi connectivity index (χ1v) is 5.80. The highest BCUT2D eigenvalue weighted by Crippen LogP contribution is 2.05. The van der Waals surface area contributed by atoms with Crippen molar-refractivity contribution >= 4 is 11.8 Å². The topological polar surface area (TPSA) is 99.8 Å². The predicted molar refractivity (Wildman–Crippen MR) is 67.0 cm³/mol. The smallest absolute Gasteiger partial charge is 0.254 e. The van der Waals surface area contributed by atoms with Gasteiger partial charge >= 0.3 is 0 Å². The van der Waals surface area contributed by atoms with E-state index in [1.165, 1.54) is 24.5 Å². The summed E-state index contributed by atoms with van der Waals surface area (Å²) in [6.07, 6.45) is 1.32. The van der Waals surface area contributed by atoms with E-state index in [1.807, 2.05) is 0 Å². The monoisotopic (exact) mass is 277 g/mol. The minimum atomic E-state index is -0.641. The zero-order chi connectivity index (χ0) is 14.4. The van der Waals surface area contributed by atoms with E-state index in [1.54, 1.807) is 6.07 Å². The molecule has 0 radical (unpaired) electrons. The molecule has 3 N–H and O–H groups in total. The number of nitrogens with zero attached hydrogens (tertiary/aromatic N) is 2. The van der Waals surface area contributed by atoms with Crippen LogP contribution in [-0.2, 0) is 11.3 Å². The average Bonchev–Trinajstić information content (AvgIpc) is 2.96. The van der Waals surface area contributed by atoms with Gasteiger partial charge in [-0.2, -0.15) is 5.10 Å². The van der Waals surface area contributed by atoms with Crippen molar-refractivity contribution in [1.82, 2.24) is 25.8 Å². The number of carbonyl (C=O) groups excluding carboxylic acids is 2. The minimum absolute atomic E-state index is 0.101. The lowest BCUT2D eigenvalue weighted by molar-refractivity contribution is -0.120. The Morgan fingerprint density at radius 1 is 1.25 bits per heavy atom. The number of halogens is 1. The number of nitrogens with one attached hydrogen (secondary N) is 3. The van der Waals surface area contributed by atoms with Crippen LogP contribution >= 0.6 is 0 Å². The molecule has 0 bridgehead atoms. The third-order valence-corrected chi connectivity index (χ3v) is 2.45. The van der Waals surface area contributed by atoms with E-state index in [2.05, 4.69) is 25.8 Å². The zero-order valence-corrected chi connectivity index (χ0v) is 10.4. The summed E-state index contributed by atoms with van der Waals surface area (Å²) in [5.74, 6) is -1.19. The second kappa shape index (κ2) is 6.41. The van der Waals surface area contributed by atoms with Crippen molar-refractivity contribution in [2.45, 2.75) is 6.54 Å². The molecule has 1 aromatic carbocycles. The van der Waals surface area contributed by atoms with Gasteiger partial charge in [0.1, 0.15) is 18.0 Å². The van der Waals surface area contributed by atoms with Gasteiger partial charge in [-0.05, 0) is 12.1 Å². The summed E-state index contributed by atoms with van der Waals surface area (Å²) in [4.78, 5) is 26.9. The van der Waals surface area contributed by atoms with Crippen molar-refractivity contribution in [3.8, 4) is 0 Å². The molecule has 0 aliphatic carbocycles. The number of carbonyl (C=O) groups is 2. The van der Waals surface area contributed by atoms with Gasteiger partial charge < -0.3 is 10.6 Å². The third-order valence-electron chi connectivity index (χ3n) is 2.45. The summed E-state index contributed by atoms with van der Waals surface area (Å²) in [5.41, 5.74) is -0.101. The van der Waals surface area contributed by atoms with Crippen molar-refractivity contribution in [3.05, 3.63) is 47.8 Å². The van der Waals surface area contributed by atoms with E-state index in [4.69, 9.17) is 0 Å². The largest absolute Gasteiger partial charge is 0.347 e. The first-order valence-electron chi connectivity index (χ1n) is 5.80. The van der Waals surface area contributed by atoms with Crippen LogP contribution in [0.15, 0.2) is 30.6 Å². The third kappa shape index (κ3) is 3.61. The molecule has 8 heteroatoms. The van der Waals surface area contributed by atoms with Crippen molar-refractivity contribution in [2.24, 2.45) is 0 Å². The van der Waals surface area contributed by atoms with Crippen LogP contribution < -0.4 is 10.6 Å². The van der Waals surface area contributed by atoms with Crippen LogP contribution in [0.3, 0.4) is 0 Å². The molecular weight excluding hydrogens is 265 g/mol. The second-order valence-corrected chi connectivity index (χ2v) is 3.87. The molecule has 0 unspecified atom stereocenters. The second-order valence-electron chi connectivity index (χ2n) is 3.87. The SMILES string of the molecule is O=C(CNC(=O)c1ccccc1F)NCc1ncn[nH]1. The number of aromatic nitrogens is 3. The summed E-state index contributed by atoms with van der Waals surface area (Å²) in [6.45, 7) is -0.0737. The molecular formula is C12H12FN5O2. The Morgan fingerprint density at radius 3 is 2.75 bits per heavy atom. The maximum Gasteiger partial charge on any atom is 0.254 e. The molecule has 0 aliphatic rings. The molecule has 2 aromatic rings. The summed E-state index contributed by atoms with van der Waals surface area (Å²) >= 11 is 0. The molecule has 0 spiro atoms. The van der Waals surface area contributed by atoms with Gasteiger partial charge in [-0.15, -0.1) is 0 Å². The molecule has 2 rings (SSSR count). The number of rotatable bonds is 5. The number of amides is 2. The molecule has 1 heterocycles. The lowest BCUT2D eigenvalue weighted by Crippen LogP contribution is -2.37. The first kappa shape index (κ1) is 13.7. The molecule has 104 valence electrons. The maximum absolute atomic E-state index is 13.3. The Bertz CT molecular complexity index is 600. The van der Waals surface area contributed by atoms with Gasteiger partial charge in [0.2, 0.25) is 5.91 Å². The minimum Gasteiger partial charge on any atom is -0.347 e. The lowest BCUT2D eigenvalue weighted by Gasteiger charge is -2.06. The number of aromatic amines is 1. The highest BCUT2D eigenvalue weighted by molar-refractivity contribution is 5.96. The Morgan fingerprint density at radius 2 is 2.05 bits per heavy atom. The number of hydrogen-bond donors (Lipinski definition) is 3. The summed E-state index contributed by atoms with van der Waals surface area (Å²) in [6, 6.07) is 5.55. The van der Waals surface area contributed by atoms with Crippen LogP contribution in [0, 0.1) is 5.82 Å². The van der Waals surface area contributed by atoms with Crippen molar-refractivity contribution in [2.75, 3.05) is 6.54 Å². The first-order chi connectivity index (χ1) is 9.66. The Labute approximate surface area is 113 Å². The van der Waals surface area contributed by atoms with Crippen molar-refractivity contribution in [3.63, 3.8) is 0 Å². The molecule has 1 aromatic heterocycles. The number of benzene rings is 1. The summed E-state index contributed by atoms with van der Waals surface area (Å²) in [5, 5.41) is 11.1. The van der Waals surface area contributed by atoms with E-state index in [0.29, 0.717) is 5.82 Å². The van der Waals surface area contributed by atoms with Gasteiger partial charge in [0, 0.05) is 0 Å². The summed E-state index contributed by atoms with van der Waals surface area (Å²) < 4.78 is 13.3. The fourth-order valence-electron chi connectivity index (χ4n) is 1.46. The van der Waals surface area contributed by atoms with Crippen LogP contribution in [0.4, 0.5) is 4.39 Å². The van der Waals surface area contributed by atoms with Gasteiger partial charge in [0.25, 0.3) is 5.91 Å². The lowest BCUT2D eigenvalue weighted by atomic mass is 10.2. The van der Waals surface area contributed by atoms with E-state index >= 15 is 0 Å². The normalized spacial score (nSPS) is 10.1. The molecule has 0 saturated carbocycles. The standard InChI is InChI=1S/C12H12FN5O2/c13-9-4-2-1-3-8(9)12(20)15-6-11(19)14-5-10-16-7-17-18-10/h1-4,7H,5-6H2,(H,14,19)(H,15,20)(H,16,17,18).